The predicted octanol–water partition coefficient (Wildman–Crippen LogP) is 8.41. The molecular weight excluding hydrogens is 414 g/mol. The molecule has 194 valence electrons. The van der Waals surface area contributed by atoms with Crippen LogP contribution in [0.5, 0.6) is 0 Å². The zero-order chi connectivity index (χ0) is 24.7. The fraction of sp³-hybridized carbons (Fsp3) is 0.906. The first kappa shape index (κ1) is 26.3. The standard InChI is InChI=1S/C32H55NO/c1-8-23(21(3)4)11-10-22(5)27-14-15-28-26-13-12-24-20-25(33-30(34)9-2)16-18-31(24,6)29(26)17-19-32(27,28)7/h9,21-29H,2,8,10-20H2,1,3-7H3,(H,33,34)/t22-,23-,24+,25+,26+,27-,28+,29+,31+,32-/m1/s1. The molecule has 1 N–H and O–H groups in total. The van der Waals surface area contributed by atoms with Crippen molar-refractivity contribution in [3.63, 3.8) is 0 Å². The maximum atomic E-state index is 11.9. The van der Waals surface area contributed by atoms with Crippen LogP contribution in [-0.2, 0) is 4.79 Å². The molecule has 2 heteroatoms. The van der Waals surface area contributed by atoms with Crippen LogP contribution in [0.25, 0.3) is 0 Å². The van der Waals surface area contributed by atoms with Crippen LogP contribution in [-0.4, -0.2) is 11.9 Å². The van der Waals surface area contributed by atoms with Crippen LogP contribution in [0.3, 0.4) is 0 Å². The van der Waals surface area contributed by atoms with Crippen molar-refractivity contribution in [2.45, 2.75) is 125 Å². The summed E-state index contributed by atoms with van der Waals surface area (Å²) in [6.45, 7) is 18.9. The Kier molecular flexibility index (Phi) is 7.96. The summed E-state index contributed by atoms with van der Waals surface area (Å²) in [7, 11) is 0. The van der Waals surface area contributed by atoms with Gasteiger partial charge in [0, 0.05) is 6.04 Å². The second-order valence-corrected chi connectivity index (χ2v) is 14.0. The lowest BCUT2D eigenvalue weighted by molar-refractivity contribution is -0.125. The highest BCUT2D eigenvalue weighted by Crippen LogP contribution is 2.68. The van der Waals surface area contributed by atoms with Crippen molar-refractivity contribution in [2.24, 2.45) is 58.2 Å². The van der Waals surface area contributed by atoms with E-state index in [1.807, 2.05) is 0 Å². The third-order valence-electron chi connectivity index (χ3n) is 12.4. The van der Waals surface area contributed by atoms with E-state index < -0.39 is 0 Å². The minimum Gasteiger partial charge on any atom is -0.350 e. The molecule has 2 nitrogen and oxygen atoms in total. The number of carbonyl (C=O) groups excluding carboxylic acids is 1. The number of rotatable bonds is 8. The van der Waals surface area contributed by atoms with Crippen LogP contribution in [0.2, 0.25) is 0 Å². The van der Waals surface area contributed by atoms with Gasteiger partial charge in [-0.1, -0.05) is 61.0 Å². The van der Waals surface area contributed by atoms with E-state index >= 15 is 0 Å². The van der Waals surface area contributed by atoms with Crippen LogP contribution < -0.4 is 5.32 Å². The minimum absolute atomic E-state index is 0.0143. The summed E-state index contributed by atoms with van der Waals surface area (Å²) in [4.78, 5) is 11.9. The van der Waals surface area contributed by atoms with Crippen LogP contribution in [0.1, 0.15) is 119 Å². The van der Waals surface area contributed by atoms with E-state index in [9.17, 15) is 4.79 Å². The van der Waals surface area contributed by atoms with E-state index in [0.717, 1.165) is 53.8 Å². The monoisotopic (exact) mass is 469 g/mol. The number of amides is 1. The summed E-state index contributed by atoms with van der Waals surface area (Å²) in [5, 5.41) is 3.23. The van der Waals surface area contributed by atoms with Gasteiger partial charge in [-0.15, -0.1) is 0 Å². The van der Waals surface area contributed by atoms with Crippen molar-refractivity contribution in [2.75, 3.05) is 0 Å². The fourth-order valence-electron chi connectivity index (χ4n) is 10.3. The Morgan fingerprint density at radius 2 is 1.68 bits per heavy atom. The highest BCUT2D eigenvalue weighted by Gasteiger charge is 2.60. The van der Waals surface area contributed by atoms with Gasteiger partial charge in [-0.3, -0.25) is 4.79 Å². The van der Waals surface area contributed by atoms with Crippen molar-refractivity contribution >= 4 is 5.91 Å². The van der Waals surface area contributed by atoms with Crippen LogP contribution in [0.15, 0.2) is 12.7 Å². The van der Waals surface area contributed by atoms with Crippen molar-refractivity contribution in [3.8, 4) is 0 Å². The first-order valence-corrected chi connectivity index (χ1v) is 15.1. The SMILES string of the molecule is C=CC(=O)N[C@H]1CC[C@@]2(C)[C@@H](CC[C@@H]3[C@@H]2CC[C@]2(C)[C@@H]([C@H](C)CC[C@@H](CC)C(C)C)CC[C@@H]32)C1. The molecule has 0 aromatic heterocycles. The molecule has 4 aliphatic rings. The van der Waals surface area contributed by atoms with Gasteiger partial charge in [0.05, 0.1) is 0 Å². The highest BCUT2D eigenvalue weighted by atomic mass is 16.1. The molecule has 0 unspecified atom stereocenters. The molecule has 10 atom stereocenters. The Labute approximate surface area is 211 Å². The van der Waals surface area contributed by atoms with E-state index in [1.165, 1.54) is 76.7 Å². The molecule has 0 aromatic rings. The van der Waals surface area contributed by atoms with E-state index in [2.05, 4.69) is 53.4 Å². The first-order chi connectivity index (χ1) is 16.1. The smallest absolute Gasteiger partial charge is 0.243 e. The van der Waals surface area contributed by atoms with Gasteiger partial charge in [0.1, 0.15) is 0 Å². The topological polar surface area (TPSA) is 29.1 Å². The zero-order valence-electron chi connectivity index (χ0n) is 23.4. The largest absolute Gasteiger partial charge is 0.350 e. The third kappa shape index (κ3) is 4.66. The maximum Gasteiger partial charge on any atom is 0.243 e. The van der Waals surface area contributed by atoms with E-state index in [-0.39, 0.29) is 5.91 Å². The Morgan fingerprint density at radius 1 is 0.971 bits per heavy atom. The Hall–Kier alpha value is -0.790. The summed E-state index contributed by atoms with van der Waals surface area (Å²) in [6.07, 6.45) is 18.0. The molecule has 0 radical (unpaired) electrons. The van der Waals surface area contributed by atoms with Crippen molar-refractivity contribution in [1.82, 2.24) is 5.32 Å². The van der Waals surface area contributed by atoms with Gasteiger partial charge in [0.2, 0.25) is 5.91 Å². The first-order valence-electron chi connectivity index (χ1n) is 15.1. The molecule has 0 spiro atoms. The summed E-state index contributed by atoms with van der Waals surface area (Å²) < 4.78 is 0. The Morgan fingerprint density at radius 3 is 2.35 bits per heavy atom. The van der Waals surface area contributed by atoms with E-state index in [4.69, 9.17) is 0 Å². The molecule has 0 heterocycles. The minimum atomic E-state index is 0.0143. The molecule has 4 saturated carbocycles. The van der Waals surface area contributed by atoms with Crippen molar-refractivity contribution < 1.29 is 4.79 Å². The Balaban J connectivity index is 1.42. The summed E-state index contributed by atoms with van der Waals surface area (Å²) in [5.74, 6) is 7.20. The normalized spacial score (nSPS) is 43.4. The van der Waals surface area contributed by atoms with E-state index in [0.29, 0.717) is 16.9 Å². The average Bonchev–Trinajstić information content (AvgIpc) is 3.16. The van der Waals surface area contributed by atoms with Gasteiger partial charge < -0.3 is 5.32 Å². The Bertz CT molecular complexity index is 729. The van der Waals surface area contributed by atoms with Gasteiger partial charge in [-0.05, 0) is 128 Å². The number of carbonyl (C=O) groups is 1. The quantitative estimate of drug-likeness (QED) is 0.355. The van der Waals surface area contributed by atoms with Crippen molar-refractivity contribution in [3.05, 3.63) is 12.7 Å². The maximum absolute atomic E-state index is 11.9. The van der Waals surface area contributed by atoms with Crippen LogP contribution in [0.4, 0.5) is 0 Å². The summed E-state index contributed by atoms with van der Waals surface area (Å²) in [6, 6.07) is 0.364. The molecule has 0 saturated heterocycles. The molecule has 0 aliphatic heterocycles. The number of hydrogen-bond acceptors (Lipinski definition) is 1. The van der Waals surface area contributed by atoms with Gasteiger partial charge in [0.25, 0.3) is 0 Å². The van der Waals surface area contributed by atoms with E-state index in [1.54, 1.807) is 0 Å². The van der Waals surface area contributed by atoms with Gasteiger partial charge in [-0.2, -0.15) is 0 Å². The average molecular weight is 470 g/mol. The zero-order valence-corrected chi connectivity index (χ0v) is 23.4. The van der Waals surface area contributed by atoms with Crippen LogP contribution >= 0.6 is 0 Å². The molecule has 4 aliphatic carbocycles. The third-order valence-corrected chi connectivity index (χ3v) is 12.4. The summed E-state index contributed by atoms with van der Waals surface area (Å²) >= 11 is 0. The second kappa shape index (κ2) is 10.3. The predicted molar refractivity (Wildman–Crippen MR) is 144 cm³/mol. The lowest BCUT2D eigenvalue weighted by Gasteiger charge is -2.61. The van der Waals surface area contributed by atoms with Crippen LogP contribution in [0, 0.1) is 58.2 Å². The number of fused-ring (bicyclic) bond motifs is 5. The van der Waals surface area contributed by atoms with Gasteiger partial charge >= 0.3 is 0 Å². The molecule has 0 bridgehead atoms. The molecule has 34 heavy (non-hydrogen) atoms. The molecular formula is C32H55NO. The molecule has 1 amide bonds. The summed E-state index contributed by atoms with van der Waals surface area (Å²) in [5.41, 5.74) is 1.08. The number of nitrogens with one attached hydrogen (secondary N) is 1. The number of hydrogen-bond donors (Lipinski definition) is 1. The highest BCUT2D eigenvalue weighted by molar-refractivity contribution is 5.87. The fourth-order valence-corrected chi connectivity index (χ4v) is 10.3. The van der Waals surface area contributed by atoms with Gasteiger partial charge in [0.15, 0.2) is 0 Å². The van der Waals surface area contributed by atoms with Gasteiger partial charge in [-0.25, -0.2) is 0 Å². The lowest BCUT2D eigenvalue weighted by Crippen LogP contribution is -2.55. The molecule has 4 rings (SSSR count). The second-order valence-electron chi connectivity index (χ2n) is 14.0. The lowest BCUT2D eigenvalue weighted by atomic mass is 9.44. The molecule has 0 aromatic carbocycles. The molecule has 4 fully saturated rings. The van der Waals surface area contributed by atoms with Crippen molar-refractivity contribution in [1.29, 1.82) is 0 Å².